The van der Waals surface area contributed by atoms with Gasteiger partial charge in [-0.3, -0.25) is 0 Å². The zero-order valence-electron chi connectivity index (χ0n) is 9.00. The monoisotopic (exact) mass is 210 g/mol. The predicted octanol–water partition coefficient (Wildman–Crippen LogP) is 2.86. The van der Waals surface area contributed by atoms with Gasteiger partial charge in [-0.2, -0.15) is 0 Å². The summed E-state index contributed by atoms with van der Waals surface area (Å²) < 4.78 is 18.4. The Bertz CT molecular complexity index is 334. The molecule has 0 aliphatic carbocycles. The highest BCUT2D eigenvalue weighted by Crippen LogP contribution is 2.29. The molecule has 0 heterocycles. The number of methoxy groups -OCH3 is 1. The third-order valence-corrected chi connectivity index (χ3v) is 2.33. The third-order valence-electron chi connectivity index (χ3n) is 2.33. The van der Waals surface area contributed by atoms with Crippen molar-refractivity contribution in [3.05, 3.63) is 29.3 Å². The maximum Gasteiger partial charge on any atom is 0.123 e. The van der Waals surface area contributed by atoms with Crippen molar-refractivity contribution < 1.29 is 13.9 Å². The first-order chi connectivity index (χ1) is 7.20. The van der Waals surface area contributed by atoms with E-state index in [0.29, 0.717) is 24.2 Å². The molecule has 0 aromatic heterocycles. The standard InChI is InChI=1S/C12H15FO2/c1-9(13)10-5-3-7-12(15-2)11(10)6-4-8-14/h3,5,7-9H,4,6H2,1-2H3. The SMILES string of the molecule is COc1cccc(C(C)F)c1CCC=O. The largest absolute Gasteiger partial charge is 0.496 e. The first kappa shape index (κ1) is 11.7. The van der Waals surface area contributed by atoms with E-state index in [1.54, 1.807) is 25.3 Å². The first-order valence-corrected chi connectivity index (χ1v) is 4.94. The Balaban J connectivity index is 3.08. The molecule has 1 aromatic rings. The van der Waals surface area contributed by atoms with E-state index in [0.717, 1.165) is 11.8 Å². The number of rotatable bonds is 5. The molecule has 3 heteroatoms. The summed E-state index contributed by atoms with van der Waals surface area (Å²) in [5, 5.41) is 0. The number of ether oxygens (including phenoxy) is 1. The maximum absolute atomic E-state index is 13.3. The highest BCUT2D eigenvalue weighted by atomic mass is 19.1. The maximum atomic E-state index is 13.3. The van der Waals surface area contributed by atoms with Crippen LogP contribution in [0.15, 0.2) is 18.2 Å². The van der Waals surface area contributed by atoms with Gasteiger partial charge in [0.25, 0.3) is 0 Å². The first-order valence-electron chi connectivity index (χ1n) is 4.94. The molecule has 0 aliphatic rings. The van der Waals surface area contributed by atoms with Crippen LogP contribution in [0.4, 0.5) is 4.39 Å². The summed E-state index contributed by atoms with van der Waals surface area (Å²) in [4.78, 5) is 10.3. The van der Waals surface area contributed by atoms with Crippen LogP contribution >= 0.6 is 0 Å². The van der Waals surface area contributed by atoms with Crippen molar-refractivity contribution in [2.24, 2.45) is 0 Å². The van der Waals surface area contributed by atoms with Gasteiger partial charge in [0, 0.05) is 12.0 Å². The summed E-state index contributed by atoms with van der Waals surface area (Å²) in [6, 6.07) is 5.27. The average molecular weight is 210 g/mol. The van der Waals surface area contributed by atoms with E-state index < -0.39 is 6.17 Å². The Hall–Kier alpha value is -1.38. The van der Waals surface area contributed by atoms with Crippen LogP contribution < -0.4 is 4.74 Å². The normalized spacial score (nSPS) is 12.2. The van der Waals surface area contributed by atoms with Gasteiger partial charge in [-0.25, -0.2) is 4.39 Å². The van der Waals surface area contributed by atoms with Crippen LogP contribution in [0.3, 0.4) is 0 Å². The third kappa shape index (κ3) is 2.78. The summed E-state index contributed by atoms with van der Waals surface area (Å²) in [7, 11) is 1.55. The fraction of sp³-hybridized carbons (Fsp3) is 0.417. The van der Waals surface area contributed by atoms with Crippen molar-refractivity contribution in [1.82, 2.24) is 0 Å². The molecule has 1 rings (SSSR count). The summed E-state index contributed by atoms with van der Waals surface area (Å²) in [6.07, 6.45) is 0.706. The quantitative estimate of drug-likeness (QED) is 0.698. The highest BCUT2D eigenvalue weighted by Gasteiger charge is 2.13. The zero-order chi connectivity index (χ0) is 11.3. The second-order valence-corrected chi connectivity index (χ2v) is 3.35. The molecule has 82 valence electrons. The van der Waals surface area contributed by atoms with Crippen LogP contribution in [0.1, 0.15) is 30.6 Å². The van der Waals surface area contributed by atoms with Gasteiger partial charge < -0.3 is 9.53 Å². The number of hydrogen-bond acceptors (Lipinski definition) is 2. The molecular weight excluding hydrogens is 195 g/mol. The van der Waals surface area contributed by atoms with E-state index in [9.17, 15) is 9.18 Å². The van der Waals surface area contributed by atoms with Crippen molar-refractivity contribution in [2.75, 3.05) is 7.11 Å². The Morgan fingerprint density at radius 3 is 2.80 bits per heavy atom. The molecule has 0 amide bonds. The smallest absolute Gasteiger partial charge is 0.123 e. The molecule has 15 heavy (non-hydrogen) atoms. The van der Waals surface area contributed by atoms with Gasteiger partial charge in [0.1, 0.15) is 18.2 Å². The van der Waals surface area contributed by atoms with Crippen LogP contribution in [0.2, 0.25) is 0 Å². The zero-order valence-corrected chi connectivity index (χ0v) is 9.00. The highest BCUT2D eigenvalue weighted by molar-refractivity contribution is 5.52. The Labute approximate surface area is 89.1 Å². The summed E-state index contributed by atoms with van der Waals surface area (Å²) in [5.41, 5.74) is 1.40. The molecule has 1 atom stereocenters. The lowest BCUT2D eigenvalue weighted by Gasteiger charge is -2.13. The van der Waals surface area contributed by atoms with Gasteiger partial charge in [-0.15, -0.1) is 0 Å². The van der Waals surface area contributed by atoms with Crippen LogP contribution in [-0.4, -0.2) is 13.4 Å². The molecule has 1 aromatic carbocycles. The average Bonchev–Trinajstić information content (AvgIpc) is 2.25. The Kier molecular flexibility index (Phi) is 4.28. The summed E-state index contributed by atoms with van der Waals surface area (Å²) in [6.45, 7) is 1.49. The van der Waals surface area contributed by atoms with E-state index in [4.69, 9.17) is 4.74 Å². The number of alkyl halides is 1. The van der Waals surface area contributed by atoms with Crippen molar-refractivity contribution in [3.8, 4) is 5.75 Å². The molecule has 0 N–H and O–H groups in total. The van der Waals surface area contributed by atoms with Crippen LogP contribution in [0.5, 0.6) is 5.75 Å². The van der Waals surface area contributed by atoms with E-state index in [1.165, 1.54) is 6.92 Å². The second-order valence-electron chi connectivity index (χ2n) is 3.35. The van der Waals surface area contributed by atoms with Crippen molar-refractivity contribution in [3.63, 3.8) is 0 Å². The number of hydrogen-bond donors (Lipinski definition) is 0. The molecule has 0 saturated heterocycles. The van der Waals surface area contributed by atoms with Gasteiger partial charge in [0.2, 0.25) is 0 Å². The lowest BCUT2D eigenvalue weighted by atomic mass is 9.99. The Morgan fingerprint density at radius 2 is 2.27 bits per heavy atom. The molecule has 0 fully saturated rings. The van der Waals surface area contributed by atoms with E-state index in [2.05, 4.69) is 0 Å². The molecule has 0 bridgehead atoms. The van der Waals surface area contributed by atoms with E-state index in [-0.39, 0.29) is 0 Å². The molecule has 0 spiro atoms. The predicted molar refractivity (Wildman–Crippen MR) is 56.9 cm³/mol. The fourth-order valence-corrected chi connectivity index (χ4v) is 1.62. The van der Waals surface area contributed by atoms with Crippen molar-refractivity contribution >= 4 is 6.29 Å². The van der Waals surface area contributed by atoms with Crippen molar-refractivity contribution in [1.29, 1.82) is 0 Å². The number of benzene rings is 1. The summed E-state index contributed by atoms with van der Waals surface area (Å²) >= 11 is 0. The lowest BCUT2D eigenvalue weighted by molar-refractivity contribution is -0.107. The number of aldehydes is 1. The van der Waals surface area contributed by atoms with Gasteiger partial charge in [0.05, 0.1) is 7.11 Å². The van der Waals surface area contributed by atoms with Crippen LogP contribution in [0.25, 0.3) is 0 Å². The van der Waals surface area contributed by atoms with Gasteiger partial charge in [-0.05, 0) is 25.0 Å². The van der Waals surface area contributed by atoms with Crippen molar-refractivity contribution in [2.45, 2.75) is 25.9 Å². The minimum Gasteiger partial charge on any atom is -0.496 e. The molecule has 0 saturated carbocycles. The van der Waals surface area contributed by atoms with Gasteiger partial charge in [-0.1, -0.05) is 12.1 Å². The fourth-order valence-electron chi connectivity index (χ4n) is 1.62. The topological polar surface area (TPSA) is 26.3 Å². The number of carbonyl (C=O) groups is 1. The molecule has 1 unspecified atom stereocenters. The summed E-state index contributed by atoms with van der Waals surface area (Å²) in [5.74, 6) is 0.652. The van der Waals surface area contributed by atoms with E-state index >= 15 is 0 Å². The van der Waals surface area contributed by atoms with E-state index in [1.807, 2.05) is 0 Å². The lowest BCUT2D eigenvalue weighted by Crippen LogP contribution is -2.00. The van der Waals surface area contributed by atoms with Gasteiger partial charge >= 0.3 is 0 Å². The Morgan fingerprint density at radius 1 is 1.53 bits per heavy atom. The number of halogens is 1. The van der Waals surface area contributed by atoms with Crippen LogP contribution in [0, 0.1) is 0 Å². The van der Waals surface area contributed by atoms with Crippen LogP contribution in [-0.2, 0) is 11.2 Å². The number of carbonyl (C=O) groups excluding carboxylic acids is 1. The second kappa shape index (κ2) is 5.49. The molecule has 0 aliphatic heterocycles. The minimum absolute atomic E-state index is 0.389. The molecule has 0 radical (unpaired) electrons. The molecular formula is C12H15FO2. The van der Waals surface area contributed by atoms with Gasteiger partial charge in [0.15, 0.2) is 0 Å². The minimum atomic E-state index is -1.04. The molecule has 2 nitrogen and oxygen atoms in total.